The molecule has 0 atom stereocenters. The molecule has 0 saturated heterocycles. The molecule has 2 rings (SSSR count). The molecule has 0 bridgehead atoms. The molecule has 1 saturated carbocycles. The molecule has 16 heavy (non-hydrogen) atoms. The van der Waals surface area contributed by atoms with Crippen molar-refractivity contribution < 1.29 is 5.11 Å². The Labute approximate surface area is 110 Å². The van der Waals surface area contributed by atoms with Gasteiger partial charge in [0.1, 0.15) is 5.75 Å². The van der Waals surface area contributed by atoms with Crippen LogP contribution in [0.1, 0.15) is 43.7 Å². The summed E-state index contributed by atoms with van der Waals surface area (Å²) in [6, 6.07) is 4.09. The number of halogens is 2. The number of aromatic hydroxyl groups is 1. The molecule has 1 aromatic rings. The molecule has 0 radical (unpaired) electrons. The second-order valence-corrected chi connectivity index (χ2v) is 5.99. The van der Waals surface area contributed by atoms with Crippen molar-refractivity contribution in [2.24, 2.45) is 0 Å². The zero-order valence-electron chi connectivity index (χ0n) is 9.39. The number of hydrogen-bond donors (Lipinski definition) is 1. The van der Waals surface area contributed by atoms with Gasteiger partial charge >= 0.3 is 0 Å². The zero-order valence-corrected chi connectivity index (χ0v) is 11.7. The van der Waals surface area contributed by atoms with Gasteiger partial charge in [-0.25, -0.2) is 0 Å². The van der Waals surface area contributed by atoms with E-state index in [-0.39, 0.29) is 11.2 Å². The van der Waals surface area contributed by atoms with E-state index in [2.05, 4.69) is 28.9 Å². The molecule has 1 nitrogen and oxygen atoms in total. The number of hydrogen-bond acceptors (Lipinski definition) is 1. The SMILES string of the molecule is CC1(c2cc(Br)c(O)c(CCl)c2)CCCC1. The van der Waals surface area contributed by atoms with Gasteiger partial charge in [0.25, 0.3) is 0 Å². The maximum Gasteiger partial charge on any atom is 0.134 e. The van der Waals surface area contributed by atoms with Crippen LogP contribution < -0.4 is 0 Å². The summed E-state index contributed by atoms with van der Waals surface area (Å²) in [6.45, 7) is 2.30. The Bertz CT molecular complexity index is 397. The zero-order chi connectivity index (χ0) is 11.8. The van der Waals surface area contributed by atoms with Crippen molar-refractivity contribution in [2.45, 2.75) is 43.9 Å². The van der Waals surface area contributed by atoms with Gasteiger partial charge in [0.05, 0.1) is 10.4 Å². The van der Waals surface area contributed by atoms with E-state index in [1.807, 2.05) is 6.07 Å². The van der Waals surface area contributed by atoms with Crippen molar-refractivity contribution in [1.82, 2.24) is 0 Å². The van der Waals surface area contributed by atoms with E-state index in [1.165, 1.54) is 31.2 Å². The molecule has 1 aliphatic rings. The van der Waals surface area contributed by atoms with Gasteiger partial charge in [-0.05, 0) is 45.8 Å². The van der Waals surface area contributed by atoms with Gasteiger partial charge in [0.2, 0.25) is 0 Å². The topological polar surface area (TPSA) is 20.2 Å². The van der Waals surface area contributed by atoms with Crippen LogP contribution in [0.3, 0.4) is 0 Å². The Morgan fingerprint density at radius 3 is 2.56 bits per heavy atom. The molecular weight excluding hydrogens is 287 g/mol. The van der Waals surface area contributed by atoms with E-state index in [4.69, 9.17) is 11.6 Å². The van der Waals surface area contributed by atoms with Crippen LogP contribution in [0, 0.1) is 0 Å². The van der Waals surface area contributed by atoms with E-state index in [9.17, 15) is 5.11 Å². The van der Waals surface area contributed by atoms with Gasteiger partial charge in [0, 0.05) is 5.56 Å². The number of rotatable bonds is 2. The molecule has 0 heterocycles. The first-order valence-electron chi connectivity index (χ1n) is 5.65. The van der Waals surface area contributed by atoms with Gasteiger partial charge in [-0.2, -0.15) is 0 Å². The summed E-state index contributed by atoms with van der Waals surface area (Å²) in [5.74, 6) is 0.634. The van der Waals surface area contributed by atoms with Gasteiger partial charge < -0.3 is 5.11 Å². The Hall–Kier alpha value is -0.210. The lowest BCUT2D eigenvalue weighted by atomic mass is 9.80. The minimum Gasteiger partial charge on any atom is -0.506 e. The van der Waals surface area contributed by atoms with Gasteiger partial charge in [-0.15, -0.1) is 11.6 Å². The third-order valence-electron chi connectivity index (χ3n) is 3.69. The van der Waals surface area contributed by atoms with Crippen LogP contribution in [0.4, 0.5) is 0 Å². The Kier molecular flexibility index (Phi) is 3.50. The molecule has 88 valence electrons. The summed E-state index contributed by atoms with van der Waals surface area (Å²) in [7, 11) is 0. The smallest absolute Gasteiger partial charge is 0.134 e. The summed E-state index contributed by atoms with van der Waals surface area (Å²) in [5.41, 5.74) is 2.38. The highest BCUT2D eigenvalue weighted by atomic mass is 79.9. The Morgan fingerprint density at radius 1 is 1.38 bits per heavy atom. The molecule has 0 aromatic heterocycles. The normalized spacial score (nSPS) is 18.9. The predicted molar refractivity (Wildman–Crippen MR) is 71.2 cm³/mol. The number of phenols is 1. The van der Waals surface area contributed by atoms with Gasteiger partial charge in [-0.1, -0.05) is 25.8 Å². The number of alkyl halides is 1. The van der Waals surface area contributed by atoms with E-state index >= 15 is 0 Å². The average molecular weight is 304 g/mol. The van der Waals surface area contributed by atoms with Crippen LogP contribution in [0.2, 0.25) is 0 Å². The predicted octanol–water partition coefficient (Wildman–Crippen LogP) is 4.73. The summed E-state index contributed by atoms with van der Waals surface area (Å²) in [6.07, 6.45) is 5.05. The van der Waals surface area contributed by atoms with Crippen LogP contribution in [-0.4, -0.2) is 5.11 Å². The molecule has 1 N–H and O–H groups in total. The lowest BCUT2D eigenvalue weighted by Crippen LogP contribution is -2.17. The second-order valence-electron chi connectivity index (χ2n) is 4.87. The monoisotopic (exact) mass is 302 g/mol. The summed E-state index contributed by atoms with van der Waals surface area (Å²) < 4.78 is 0.758. The van der Waals surface area contributed by atoms with E-state index < -0.39 is 0 Å². The highest BCUT2D eigenvalue weighted by Crippen LogP contribution is 2.43. The molecule has 1 aromatic carbocycles. The second kappa shape index (κ2) is 4.58. The molecule has 3 heteroatoms. The van der Waals surface area contributed by atoms with Crippen molar-refractivity contribution in [1.29, 1.82) is 0 Å². The fourth-order valence-corrected chi connectivity index (χ4v) is 3.26. The van der Waals surface area contributed by atoms with Crippen LogP contribution in [0.5, 0.6) is 5.75 Å². The maximum atomic E-state index is 9.82. The minimum absolute atomic E-state index is 0.261. The number of benzene rings is 1. The summed E-state index contributed by atoms with van der Waals surface area (Å²) in [4.78, 5) is 0. The van der Waals surface area contributed by atoms with Crippen molar-refractivity contribution in [3.63, 3.8) is 0 Å². The van der Waals surface area contributed by atoms with Crippen molar-refractivity contribution in [3.05, 3.63) is 27.7 Å². The molecule has 0 amide bonds. The van der Waals surface area contributed by atoms with Crippen molar-refractivity contribution >= 4 is 27.5 Å². The lowest BCUT2D eigenvalue weighted by molar-refractivity contribution is 0.461. The van der Waals surface area contributed by atoms with Crippen molar-refractivity contribution in [3.8, 4) is 5.75 Å². The first kappa shape index (κ1) is 12.3. The van der Waals surface area contributed by atoms with E-state index in [0.29, 0.717) is 5.88 Å². The molecule has 0 unspecified atom stereocenters. The number of phenolic OH excluding ortho intramolecular Hbond substituents is 1. The van der Waals surface area contributed by atoms with Crippen LogP contribution in [-0.2, 0) is 11.3 Å². The van der Waals surface area contributed by atoms with Gasteiger partial charge in [-0.3, -0.25) is 0 Å². The first-order valence-corrected chi connectivity index (χ1v) is 6.97. The third-order valence-corrected chi connectivity index (χ3v) is 4.58. The summed E-state index contributed by atoms with van der Waals surface area (Å²) in [5, 5.41) is 9.82. The quantitative estimate of drug-likeness (QED) is 0.783. The molecule has 1 fully saturated rings. The highest BCUT2D eigenvalue weighted by molar-refractivity contribution is 9.10. The minimum atomic E-state index is 0.261. The molecule has 0 spiro atoms. The molecular formula is C13H16BrClO. The summed E-state index contributed by atoms with van der Waals surface area (Å²) >= 11 is 9.25. The van der Waals surface area contributed by atoms with E-state index in [0.717, 1.165) is 10.0 Å². The third kappa shape index (κ3) is 2.10. The average Bonchev–Trinajstić information content (AvgIpc) is 2.70. The first-order chi connectivity index (χ1) is 7.57. The highest BCUT2D eigenvalue weighted by Gasteiger charge is 2.31. The van der Waals surface area contributed by atoms with Gasteiger partial charge in [0.15, 0.2) is 0 Å². The molecule has 1 aliphatic carbocycles. The fourth-order valence-electron chi connectivity index (χ4n) is 2.55. The van der Waals surface area contributed by atoms with Crippen molar-refractivity contribution in [2.75, 3.05) is 0 Å². The molecule has 0 aliphatic heterocycles. The van der Waals surface area contributed by atoms with Crippen LogP contribution in [0.25, 0.3) is 0 Å². The lowest BCUT2D eigenvalue weighted by Gasteiger charge is -2.25. The Morgan fingerprint density at radius 2 is 2.00 bits per heavy atom. The van der Waals surface area contributed by atoms with E-state index in [1.54, 1.807) is 0 Å². The fraction of sp³-hybridized carbons (Fsp3) is 0.538. The largest absolute Gasteiger partial charge is 0.506 e. The van der Waals surface area contributed by atoms with Crippen LogP contribution >= 0.6 is 27.5 Å². The maximum absolute atomic E-state index is 9.82. The van der Waals surface area contributed by atoms with Crippen LogP contribution in [0.15, 0.2) is 16.6 Å². The Balaban J connectivity index is 2.45. The standard InChI is InChI=1S/C13H16BrClO/c1-13(4-2-3-5-13)10-6-9(8-15)12(16)11(14)7-10/h6-7,16H,2-5,8H2,1H3.